The summed E-state index contributed by atoms with van der Waals surface area (Å²) in [7, 11) is 0. The lowest BCUT2D eigenvalue weighted by Crippen LogP contribution is -2.48. The van der Waals surface area contributed by atoms with Crippen molar-refractivity contribution in [3.05, 3.63) is 47.5 Å². The average Bonchev–Trinajstić information content (AvgIpc) is 3.59. The number of hydrogen-bond donors (Lipinski definition) is 0. The molecule has 0 radical (unpaired) electrons. The summed E-state index contributed by atoms with van der Waals surface area (Å²) >= 11 is 0. The van der Waals surface area contributed by atoms with E-state index < -0.39 is 5.79 Å². The van der Waals surface area contributed by atoms with Crippen molar-refractivity contribution in [3.63, 3.8) is 0 Å². The number of fused-ring (bicyclic) bond motifs is 4. The molecule has 0 amide bonds. The van der Waals surface area contributed by atoms with Gasteiger partial charge in [-0.1, -0.05) is 19.1 Å². The van der Waals surface area contributed by atoms with Crippen LogP contribution < -0.4 is 4.74 Å². The number of nitrogens with zero attached hydrogens (tertiary/aromatic N) is 3. The molecule has 1 aliphatic heterocycles. The summed E-state index contributed by atoms with van der Waals surface area (Å²) in [6, 6.07) is 6.95. The fraction of sp³-hybridized carbons (Fsp3) is 0.552. The molecule has 3 aliphatic carbocycles. The first kappa shape index (κ1) is 22.5. The van der Waals surface area contributed by atoms with E-state index in [0.29, 0.717) is 42.3 Å². The lowest BCUT2D eigenvalue weighted by atomic mass is 9.63. The van der Waals surface area contributed by atoms with E-state index in [0.717, 1.165) is 66.6 Å². The maximum absolute atomic E-state index is 14.6. The standard InChI is InChI=1S/C29H32FN3O3/c1-17-19-9-10-23-25(21(19)11-13-29(17)34-15-16-35-29)32-27(33-28(23)36-18-5-2-3-6-18)22-12-14-31-26-20(22)7-4-8-24(26)30/h4,7-8,12,14,17-19,21H,2-3,5-6,9-11,13,15-16H2,1H3. The van der Waals surface area contributed by atoms with Crippen molar-refractivity contribution in [1.29, 1.82) is 0 Å². The van der Waals surface area contributed by atoms with Gasteiger partial charge in [-0.2, -0.15) is 4.98 Å². The molecule has 2 saturated carbocycles. The molecule has 3 fully saturated rings. The third-order valence-electron chi connectivity index (χ3n) is 9.06. The van der Waals surface area contributed by atoms with Crippen LogP contribution in [0.25, 0.3) is 22.3 Å². The summed E-state index contributed by atoms with van der Waals surface area (Å²) in [5, 5.41) is 0.723. The molecule has 6 nitrogen and oxygen atoms in total. The van der Waals surface area contributed by atoms with E-state index in [-0.39, 0.29) is 11.9 Å². The Bertz CT molecular complexity index is 1300. The van der Waals surface area contributed by atoms with E-state index >= 15 is 0 Å². The summed E-state index contributed by atoms with van der Waals surface area (Å²) in [4.78, 5) is 14.5. The molecular formula is C29H32FN3O3. The van der Waals surface area contributed by atoms with E-state index in [2.05, 4.69) is 11.9 Å². The average molecular weight is 490 g/mol. The first-order chi connectivity index (χ1) is 17.6. The van der Waals surface area contributed by atoms with Crippen molar-refractivity contribution in [1.82, 2.24) is 15.0 Å². The predicted octanol–water partition coefficient (Wildman–Crippen LogP) is 5.97. The summed E-state index contributed by atoms with van der Waals surface area (Å²) in [6.45, 7) is 3.63. The van der Waals surface area contributed by atoms with Crippen LogP contribution in [-0.4, -0.2) is 40.1 Å². The zero-order valence-corrected chi connectivity index (χ0v) is 20.7. The molecule has 3 aromatic rings. The number of pyridine rings is 1. The molecule has 7 heteroatoms. The molecule has 3 heterocycles. The van der Waals surface area contributed by atoms with Crippen molar-refractivity contribution in [2.75, 3.05) is 13.2 Å². The number of halogens is 1. The van der Waals surface area contributed by atoms with Crippen molar-refractivity contribution < 1.29 is 18.6 Å². The first-order valence-corrected chi connectivity index (χ1v) is 13.5. The second-order valence-electron chi connectivity index (χ2n) is 10.9. The normalized spacial score (nSPS) is 27.3. The number of hydrogen-bond acceptors (Lipinski definition) is 6. The quantitative estimate of drug-likeness (QED) is 0.452. The zero-order chi connectivity index (χ0) is 24.3. The molecule has 0 N–H and O–H groups in total. The van der Waals surface area contributed by atoms with Gasteiger partial charge in [0.25, 0.3) is 0 Å². The summed E-state index contributed by atoms with van der Waals surface area (Å²) < 4.78 is 33.5. The van der Waals surface area contributed by atoms with Crippen LogP contribution in [0.5, 0.6) is 5.88 Å². The van der Waals surface area contributed by atoms with Crippen LogP contribution in [0.2, 0.25) is 0 Å². The molecule has 0 bridgehead atoms. The van der Waals surface area contributed by atoms with Crippen LogP contribution in [-0.2, 0) is 15.9 Å². The van der Waals surface area contributed by atoms with Gasteiger partial charge in [0.2, 0.25) is 5.88 Å². The highest BCUT2D eigenvalue weighted by molar-refractivity contribution is 5.92. The molecule has 7 rings (SSSR count). The Morgan fingerprint density at radius 2 is 1.86 bits per heavy atom. The summed E-state index contributed by atoms with van der Waals surface area (Å²) in [6.07, 6.45) is 10.2. The first-order valence-electron chi connectivity index (χ1n) is 13.5. The Hall–Kier alpha value is -2.64. The van der Waals surface area contributed by atoms with Crippen LogP contribution in [0, 0.1) is 17.7 Å². The Kier molecular flexibility index (Phi) is 5.47. The molecule has 1 spiro atoms. The van der Waals surface area contributed by atoms with Crippen LogP contribution in [0.3, 0.4) is 0 Å². The minimum absolute atomic E-state index is 0.204. The largest absolute Gasteiger partial charge is 0.474 e. The summed E-state index contributed by atoms with van der Waals surface area (Å²) in [5.41, 5.74) is 3.40. The molecule has 1 aromatic carbocycles. The minimum atomic E-state index is -0.448. The van der Waals surface area contributed by atoms with E-state index in [1.165, 1.54) is 18.9 Å². The molecule has 188 valence electrons. The molecule has 36 heavy (non-hydrogen) atoms. The van der Waals surface area contributed by atoms with Gasteiger partial charge in [-0.3, -0.25) is 4.98 Å². The number of rotatable bonds is 3. The molecule has 2 aromatic heterocycles. The van der Waals surface area contributed by atoms with Crippen molar-refractivity contribution in [2.45, 2.75) is 76.1 Å². The Morgan fingerprint density at radius 1 is 1.03 bits per heavy atom. The SMILES string of the molecule is CC1C2CCc3c(OC4CCCC4)nc(-c4ccnc5c(F)cccc45)nc3C2CCC12OCCO2. The highest BCUT2D eigenvalue weighted by Gasteiger charge is 2.53. The van der Waals surface area contributed by atoms with Crippen LogP contribution >= 0.6 is 0 Å². The lowest BCUT2D eigenvalue weighted by molar-refractivity contribution is -0.226. The third kappa shape index (κ3) is 3.54. The predicted molar refractivity (Wildman–Crippen MR) is 133 cm³/mol. The second-order valence-corrected chi connectivity index (χ2v) is 10.9. The van der Waals surface area contributed by atoms with E-state index in [9.17, 15) is 4.39 Å². The molecule has 4 aliphatic rings. The lowest BCUT2D eigenvalue weighted by Gasteiger charge is -2.48. The monoisotopic (exact) mass is 489 g/mol. The topological polar surface area (TPSA) is 66.4 Å². The number of aromatic nitrogens is 3. The van der Waals surface area contributed by atoms with Gasteiger partial charge in [-0.15, -0.1) is 0 Å². The van der Waals surface area contributed by atoms with Gasteiger partial charge >= 0.3 is 0 Å². The third-order valence-corrected chi connectivity index (χ3v) is 9.06. The van der Waals surface area contributed by atoms with Crippen molar-refractivity contribution in [3.8, 4) is 17.3 Å². The fourth-order valence-corrected chi connectivity index (χ4v) is 7.19. The van der Waals surface area contributed by atoms with Gasteiger partial charge in [0.05, 0.1) is 18.9 Å². The maximum Gasteiger partial charge on any atom is 0.220 e. The van der Waals surface area contributed by atoms with Gasteiger partial charge in [-0.05, 0) is 63.0 Å². The highest BCUT2D eigenvalue weighted by atomic mass is 19.1. The van der Waals surface area contributed by atoms with Gasteiger partial charge < -0.3 is 14.2 Å². The maximum atomic E-state index is 14.6. The highest BCUT2D eigenvalue weighted by Crippen LogP contribution is 2.54. The zero-order valence-electron chi connectivity index (χ0n) is 20.7. The number of benzene rings is 1. The van der Waals surface area contributed by atoms with Crippen molar-refractivity contribution >= 4 is 10.9 Å². The molecule has 3 unspecified atom stereocenters. The molecule has 1 saturated heterocycles. The molecular weight excluding hydrogens is 457 g/mol. The second kappa shape index (κ2) is 8.73. The fourth-order valence-electron chi connectivity index (χ4n) is 7.19. The minimum Gasteiger partial charge on any atom is -0.474 e. The van der Waals surface area contributed by atoms with Crippen LogP contribution in [0.1, 0.15) is 69.0 Å². The number of ether oxygens (including phenoxy) is 3. The van der Waals surface area contributed by atoms with Gasteiger partial charge in [0.1, 0.15) is 17.4 Å². The summed E-state index contributed by atoms with van der Waals surface area (Å²) in [5.74, 6) is 1.57. The van der Waals surface area contributed by atoms with Crippen molar-refractivity contribution in [2.24, 2.45) is 11.8 Å². The Labute approximate surface area is 210 Å². The van der Waals surface area contributed by atoms with Gasteiger partial charge in [0, 0.05) is 41.0 Å². The Balaban J connectivity index is 1.35. The van der Waals surface area contributed by atoms with Crippen LogP contribution in [0.4, 0.5) is 4.39 Å². The molecule has 3 atom stereocenters. The number of para-hydroxylation sites is 1. The van der Waals surface area contributed by atoms with Crippen LogP contribution in [0.15, 0.2) is 30.5 Å². The van der Waals surface area contributed by atoms with Gasteiger partial charge in [-0.25, -0.2) is 9.37 Å². The van der Waals surface area contributed by atoms with E-state index in [1.807, 2.05) is 12.1 Å². The smallest absolute Gasteiger partial charge is 0.220 e. The van der Waals surface area contributed by atoms with Gasteiger partial charge in [0.15, 0.2) is 11.6 Å². The van der Waals surface area contributed by atoms with E-state index in [4.69, 9.17) is 24.2 Å². The Morgan fingerprint density at radius 3 is 2.69 bits per heavy atom. The van der Waals surface area contributed by atoms with E-state index in [1.54, 1.807) is 12.3 Å².